The molecule has 0 unspecified atom stereocenters. The van der Waals surface area contributed by atoms with Gasteiger partial charge in [0.15, 0.2) is 0 Å². The molecule has 1 N–H and O–H groups in total. The van der Waals surface area contributed by atoms with Gasteiger partial charge in [-0.3, -0.25) is 4.68 Å². The monoisotopic (exact) mass is 223 g/mol. The van der Waals surface area contributed by atoms with Crippen LogP contribution in [0.3, 0.4) is 0 Å². The standard InChI is InChI=1S/C13H25N3/c1-6-13(7-2,8-3)14-9-12-10-16(5)15-11(12)4/h10,14H,6-9H2,1-5H3. The minimum absolute atomic E-state index is 0.294. The minimum Gasteiger partial charge on any atom is -0.307 e. The van der Waals surface area contributed by atoms with Crippen molar-refractivity contribution in [3.63, 3.8) is 0 Å². The van der Waals surface area contributed by atoms with Gasteiger partial charge in [-0.25, -0.2) is 0 Å². The molecule has 0 atom stereocenters. The summed E-state index contributed by atoms with van der Waals surface area (Å²) in [5.41, 5.74) is 2.73. The Morgan fingerprint density at radius 3 is 2.19 bits per heavy atom. The van der Waals surface area contributed by atoms with E-state index in [0.717, 1.165) is 12.2 Å². The van der Waals surface area contributed by atoms with E-state index in [2.05, 4.69) is 44.3 Å². The summed E-state index contributed by atoms with van der Waals surface area (Å²) in [7, 11) is 1.98. The number of nitrogens with one attached hydrogen (secondary N) is 1. The molecule has 1 aromatic heterocycles. The van der Waals surface area contributed by atoms with Crippen LogP contribution in [0.5, 0.6) is 0 Å². The lowest BCUT2D eigenvalue weighted by molar-refractivity contribution is 0.288. The average Bonchev–Trinajstić information content (AvgIpc) is 2.60. The van der Waals surface area contributed by atoms with Crippen LogP contribution in [0, 0.1) is 6.92 Å². The van der Waals surface area contributed by atoms with Gasteiger partial charge in [0, 0.05) is 30.9 Å². The van der Waals surface area contributed by atoms with Crippen LogP contribution in [-0.2, 0) is 13.6 Å². The molecule has 0 saturated heterocycles. The van der Waals surface area contributed by atoms with Gasteiger partial charge in [0.05, 0.1) is 5.69 Å². The van der Waals surface area contributed by atoms with Crippen molar-refractivity contribution in [1.29, 1.82) is 0 Å². The van der Waals surface area contributed by atoms with Crippen LogP contribution in [0.1, 0.15) is 51.3 Å². The van der Waals surface area contributed by atoms with Crippen LogP contribution in [0.4, 0.5) is 0 Å². The zero-order valence-electron chi connectivity index (χ0n) is 11.3. The van der Waals surface area contributed by atoms with Gasteiger partial charge in [-0.15, -0.1) is 0 Å². The van der Waals surface area contributed by atoms with E-state index in [1.54, 1.807) is 0 Å². The number of aryl methyl sites for hydroxylation is 2. The fraction of sp³-hybridized carbons (Fsp3) is 0.769. The lowest BCUT2D eigenvalue weighted by Gasteiger charge is -2.32. The Bertz CT molecular complexity index is 316. The van der Waals surface area contributed by atoms with Crippen LogP contribution in [0.25, 0.3) is 0 Å². The molecule has 1 aromatic rings. The first-order chi connectivity index (χ1) is 7.56. The van der Waals surface area contributed by atoms with Crippen molar-refractivity contribution in [2.75, 3.05) is 0 Å². The lowest BCUT2D eigenvalue weighted by atomic mass is 9.89. The third-order valence-electron chi connectivity index (χ3n) is 3.80. The Balaban J connectivity index is 2.65. The lowest BCUT2D eigenvalue weighted by Crippen LogP contribution is -2.43. The van der Waals surface area contributed by atoms with E-state index in [0.29, 0.717) is 5.54 Å². The van der Waals surface area contributed by atoms with E-state index in [-0.39, 0.29) is 0 Å². The second kappa shape index (κ2) is 5.48. The molecule has 1 heterocycles. The fourth-order valence-electron chi connectivity index (χ4n) is 2.23. The molecule has 3 nitrogen and oxygen atoms in total. The Morgan fingerprint density at radius 2 is 1.81 bits per heavy atom. The average molecular weight is 223 g/mol. The summed E-state index contributed by atoms with van der Waals surface area (Å²) in [6.45, 7) is 9.78. The van der Waals surface area contributed by atoms with Gasteiger partial charge in [-0.05, 0) is 26.2 Å². The van der Waals surface area contributed by atoms with E-state index in [9.17, 15) is 0 Å². The highest BCUT2D eigenvalue weighted by molar-refractivity contribution is 5.15. The SMILES string of the molecule is CCC(CC)(CC)NCc1cn(C)nc1C. The third-order valence-corrected chi connectivity index (χ3v) is 3.80. The van der Waals surface area contributed by atoms with Gasteiger partial charge >= 0.3 is 0 Å². The van der Waals surface area contributed by atoms with Crippen LogP contribution in [-0.4, -0.2) is 15.3 Å². The third kappa shape index (κ3) is 2.85. The van der Waals surface area contributed by atoms with Crippen LogP contribution >= 0.6 is 0 Å². The molecule has 16 heavy (non-hydrogen) atoms. The fourth-order valence-corrected chi connectivity index (χ4v) is 2.23. The summed E-state index contributed by atoms with van der Waals surface area (Å²) in [6, 6.07) is 0. The summed E-state index contributed by atoms with van der Waals surface area (Å²) in [6.07, 6.45) is 5.64. The minimum atomic E-state index is 0.294. The molecule has 0 aromatic carbocycles. The highest BCUT2D eigenvalue weighted by Crippen LogP contribution is 2.20. The van der Waals surface area contributed by atoms with Gasteiger partial charge in [0.1, 0.15) is 0 Å². The van der Waals surface area contributed by atoms with Crippen LogP contribution < -0.4 is 5.32 Å². The molecule has 1 rings (SSSR count). The Morgan fingerprint density at radius 1 is 1.25 bits per heavy atom. The van der Waals surface area contributed by atoms with E-state index >= 15 is 0 Å². The highest BCUT2D eigenvalue weighted by atomic mass is 15.3. The van der Waals surface area contributed by atoms with Crippen molar-refractivity contribution in [1.82, 2.24) is 15.1 Å². The molecule has 0 aliphatic heterocycles. The Labute approximate surface area is 99.2 Å². The van der Waals surface area contributed by atoms with E-state index in [1.165, 1.54) is 24.8 Å². The predicted octanol–water partition coefficient (Wildman–Crippen LogP) is 2.79. The predicted molar refractivity (Wildman–Crippen MR) is 68.4 cm³/mol. The summed E-state index contributed by atoms with van der Waals surface area (Å²) < 4.78 is 1.89. The highest BCUT2D eigenvalue weighted by Gasteiger charge is 2.23. The Hall–Kier alpha value is -0.830. The van der Waals surface area contributed by atoms with Crippen molar-refractivity contribution in [2.24, 2.45) is 7.05 Å². The van der Waals surface area contributed by atoms with Gasteiger partial charge in [0.2, 0.25) is 0 Å². The number of rotatable bonds is 6. The van der Waals surface area contributed by atoms with Crippen LogP contribution in [0.15, 0.2) is 6.20 Å². The maximum atomic E-state index is 4.37. The quantitative estimate of drug-likeness (QED) is 0.803. The second-order valence-corrected chi connectivity index (χ2v) is 4.61. The number of aromatic nitrogens is 2. The number of hydrogen-bond acceptors (Lipinski definition) is 2. The first-order valence-electron chi connectivity index (χ1n) is 6.31. The smallest absolute Gasteiger partial charge is 0.0638 e. The molecule has 0 amide bonds. The molecule has 0 fully saturated rings. The van der Waals surface area contributed by atoms with Gasteiger partial charge in [-0.1, -0.05) is 20.8 Å². The van der Waals surface area contributed by atoms with Crippen LogP contribution in [0.2, 0.25) is 0 Å². The molecule has 0 aliphatic carbocycles. The van der Waals surface area contributed by atoms with E-state index in [1.807, 2.05) is 11.7 Å². The molecular weight excluding hydrogens is 198 g/mol. The van der Waals surface area contributed by atoms with Gasteiger partial charge < -0.3 is 5.32 Å². The molecular formula is C13H25N3. The summed E-state index contributed by atoms with van der Waals surface area (Å²) in [4.78, 5) is 0. The Kier molecular flexibility index (Phi) is 4.54. The summed E-state index contributed by atoms with van der Waals surface area (Å²) in [5.74, 6) is 0. The van der Waals surface area contributed by atoms with E-state index in [4.69, 9.17) is 0 Å². The summed E-state index contributed by atoms with van der Waals surface area (Å²) >= 11 is 0. The van der Waals surface area contributed by atoms with Crippen molar-refractivity contribution in [2.45, 2.75) is 59.0 Å². The van der Waals surface area contributed by atoms with Crippen molar-refractivity contribution in [3.8, 4) is 0 Å². The number of hydrogen-bond donors (Lipinski definition) is 1. The molecule has 0 bridgehead atoms. The van der Waals surface area contributed by atoms with Crippen molar-refractivity contribution in [3.05, 3.63) is 17.5 Å². The van der Waals surface area contributed by atoms with Gasteiger partial charge in [0.25, 0.3) is 0 Å². The molecule has 0 saturated carbocycles. The largest absolute Gasteiger partial charge is 0.307 e. The molecule has 0 aliphatic rings. The summed E-state index contributed by atoms with van der Waals surface area (Å²) in [5, 5.41) is 8.07. The van der Waals surface area contributed by atoms with Crippen molar-refractivity contribution >= 4 is 0 Å². The normalized spacial score (nSPS) is 12.1. The second-order valence-electron chi connectivity index (χ2n) is 4.61. The maximum absolute atomic E-state index is 4.37. The first-order valence-corrected chi connectivity index (χ1v) is 6.31. The maximum Gasteiger partial charge on any atom is 0.0638 e. The zero-order chi connectivity index (χ0) is 12.2. The van der Waals surface area contributed by atoms with E-state index < -0.39 is 0 Å². The molecule has 0 spiro atoms. The molecule has 0 radical (unpaired) electrons. The molecule has 92 valence electrons. The van der Waals surface area contributed by atoms with Gasteiger partial charge in [-0.2, -0.15) is 5.10 Å². The molecule has 3 heteroatoms. The van der Waals surface area contributed by atoms with Crippen molar-refractivity contribution < 1.29 is 0 Å². The topological polar surface area (TPSA) is 29.9 Å². The zero-order valence-corrected chi connectivity index (χ0v) is 11.3. The number of nitrogens with zero attached hydrogens (tertiary/aromatic N) is 2. The first kappa shape index (κ1) is 13.2.